The fourth-order valence-electron chi connectivity index (χ4n) is 0.582. The standard InChI is InChI=1S/C8H17O2/c1-8(2,3)10-7-5-4-6-9/h4-7H2,1-3H3. The summed E-state index contributed by atoms with van der Waals surface area (Å²) in [6.07, 6.45) is 1.62. The van der Waals surface area contributed by atoms with Gasteiger partial charge in [-0.25, -0.2) is 5.11 Å². The summed E-state index contributed by atoms with van der Waals surface area (Å²) in [5.41, 5.74) is -0.0527. The highest BCUT2D eigenvalue weighted by molar-refractivity contribution is 4.58. The molecule has 0 fully saturated rings. The molecule has 1 radical (unpaired) electrons. The minimum Gasteiger partial charge on any atom is -0.376 e. The molecular formula is C8H17O2. The number of ether oxygens (including phenoxy) is 1. The highest BCUT2D eigenvalue weighted by atomic mass is 16.5. The Hall–Kier alpha value is -0.0800. The van der Waals surface area contributed by atoms with E-state index in [2.05, 4.69) is 0 Å². The van der Waals surface area contributed by atoms with Crippen LogP contribution in [0.1, 0.15) is 33.6 Å². The minimum absolute atomic E-state index is 0.0213. The zero-order valence-electron chi connectivity index (χ0n) is 7.14. The van der Waals surface area contributed by atoms with Crippen molar-refractivity contribution in [2.75, 3.05) is 13.2 Å². The summed E-state index contributed by atoms with van der Waals surface area (Å²) in [7, 11) is 0. The van der Waals surface area contributed by atoms with Crippen LogP contribution in [0.25, 0.3) is 0 Å². The quantitative estimate of drug-likeness (QED) is 0.556. The molecule has 61 valence electrons. The van der Waals surface area contributed by atoms with E-state index < -0.39 is 0 Å². The van der Waals surface area contributed by atoms with Crippen molar-refractivity contribution in [3.63, 3.8) is 0 Å². The number of unbranched alkanes of at least 4 members (excludes halogenated alkanes) is 1. The van der Waals surface area contributed by atoms with Gasteiger partial charge in [-0.2, -0.15) is 0 Å². The molecule has 0 aliphatic heterocycles. The van der Waals surface area contributed by atoms with Crippen molar-refractivity contribution < 1.29 is 9.84 Å². The van der Waals surface area contributed by atoms with Gasteiger partial charge in [-0.1, -0.05) is 0 Å². The molecule has 0 spiro atoms. The summed E-state index contributed by atoms with van der Waals surface area (Å²) in [6, 6.07) is 0. The fourth-order valence-corrected chi connectivity index (χ4v) is 0.582. The molecular weight excluding hydrogens is 128 g/mol. The third kappa shape index (κ3) is 7.92. The molecule has 0 rings (SSSR count). The summed E-state index contributed by atoms with van der Waals surface area (Å²) in [5, 5.41) is 10.00. The van der Waals surface area contributed by atoms with Crippen molar-refractivity contribution in [2.24, 2.45) is 0 Å². The minimum atomic E-state index is -0.0527. The van der Waals surface area contributed by atoms with Crippen LogP contribution in [0.5, 0.6) is 0 Å². The van der Waals surface area contributed by atoms with Crippen LogP contribution in [0.2, 0.25) is 0 Å². The van der Waals surface area contributed by atoms with E-state index in [9.17, 15) is 5.11 Å². The summed E-state index contributed by atoms with van der Waals surface area (Å²) in [5.74, 6) is 0. The van der Waals surface area contributed by atoms with Gasteiger partial charge in [-0.05, 0) is 33.6 Å². The van der Waals surface area contributed by atoms with Crippen LogP contribution in [0.4, 0.5) is 0 Å². The molecule has 0 aromatic rings. The second kappa shape index (κ2) is 4.69. The monoisotopic (exact) mass is 145 g/mol. The molecule has 0 unspecified atom stereocenters. The van der Waals surface area contributed by atoms with Crippen LogP contribution in [0.15, 0.2) is 0 Å². The average Bonchev–Trinajstić information content (AvgIpc) is 1.78. The predicted octanol–water partition coefficient (Wildman–Crippen LogP) is 2.01. The Kier molecular flexibility index (Phi) is 4.65. The predicted molar refractivity (Wildman–Crippen MR) is 40.5 cm³/mol. The topological polar surface area (TPSA) is 29.1 Å². The van der Waals surface area contributed by atoms with Crippen LogP contribution in [0, 0.1) is 0 Å². The van der Waals surface area contributed by atoms with Crippen LogP contribution in [-0.4, -0.2) is 18.8 Å². The van der Waals surface area contributed by atoms with Crippen LogP contribution in [0.3, 0.4) is 0 Å². The van der Waals surface area contributed by atoms with Crippen LogP contribution in [-0.2, 0) is 9.84 Å². The van der Waals surface area contributed by atoms with Crippen molar-refractivity contribution in [3.05, 3.63) is 0 Å². The van der Waals surface area contributed by atoms with E-state index in [4.69, 9.17) is 4.74 Å². The van der Waals surface area contributed by atoms with E-state index in [1.807, 2.05) is 20.8 Å². The van der Waals surface area contributed by atoms with Crippen molar-refractivity contribution in [3.8, 4) is 0 Å². The molecule has 0 bridgehead atoms. The Balaban J connectivity index is 3.04. The lowest BCUT2D eigenvalue weighted by Crippen LogP contribution is -2.19. The lowest BCUT2D eigenvalue weighted by Gasteiger charge is -2.18. The maximum atomic E-state index is 10.00. The summed E-state index contributed by atoms with van der Waals surface area (Å²) in [4.78, 5) is 0. The SMILES string of the molecule is CC(C)(C)OCCCC[O]. The van der Waals surface area contributed by atoms with Crippen molar-refractivity contribution >= 4 is 0 Å². The van der Waals surface area contributed by atoms with Gasteiger partial charge in [0.25, 0.3) is 0 Å². The first kappa shape index (κ1) is 9.92. The first-order valence-corrected chi connectivity index (χ1v) is 3.78. The summed E-state index contributed by atoms with van der Waals surface area (Å²) < 4.78 is 5.39. The van der Waals surface area contributed by atoms with Gasteiger partial charge in [0.15, 0.2) is 0 Å². The average molecular weight is 145 g/mol. The van der Waals surface area contributed by atoms with Gasteiger partial charge in [0.1, 0.15) is 0 Å². The first-order chi connectivity index (χ1) is 4.56. The number of rotatable bonds is 4. The molecule has 2 nitrogen and oxygen atoms in total. The Morgan fingerprint density at radius 2 is 1.80 bits per heavy atom. The summed E-state index contributed by atoms with van der Waals surface area (Å²) >= 11 is 0. The van der Waals surface area contributed by atoms with E-state index in [1.54, 1.807) is 0 Å². The van der Waals surface area contributed by atoms with Gasteiger partial charge in [-0.15, -0.1) is 0 Å². The highest BCUT2D eigenvalue weighted by Crippen LogP contribution is 2.07. The van der Waals surface area contributed by atoms with E-state index in [-0.39, 0.29) is 12.2 Å². The number of hydrogen-bond donors (Lipinski definition) is 0. The molecule has 2 heteroatoms. The molecule has 0 saturated heterocycles. The van der Waals surface area contributed by atoms with Gasteiger partial charge in [0.05, 0.1) is 12.2 Å². The lowest BCUT2D eigenvalue weighted by molar-refractivity contribution is -0.00681. The zero-order chi connectivity index (χ0) is 8.04. The Bertz CT molecular complexity index is 73.8. The molecule has 0 aromatic carbocycles. The van der Waals surface area contributed by atoms with Gasteiger partial charge < -0.3 is 4.74 Å². The van der Waals surface area contributed by atoms with Gasteiger partial charge in [0.2, 0.25) is 0 Å². The Morgan fingerprint density at radius 3 is 2.20 bits per heavy atom. The van der Waals surface area contributed by atoms with Crippen molar-refractivity contribution in [2.45, 2.75) is 39.2 Å². The molecule has 0 N–H and O–H groups in total. The van der Waals surface area contributed by atoms with E-state index in [0.717, 1.165) is 12.8 Å². The number of hydrogen-bond acceptors (Lipinski definition) is 1. The molecule has 0 heterocycles. The van der Waals surface area contributed by atoms with Gasteiger partial charge in [-0.3, -0.25) is 0 Å². The molecule has 0 amide bonds. The molecule has 0 atom stereocenters. The third-order valence-electron chi connectivity index (χ3n) is 1.07. The second-order valence-corrected chi connectivity index (χ2v) is 3.37. The first-order valence-electron chi connectivity index (χ1n) is 3.78. The van der Waals surface area contributed by atoms with Gasteiger partial charge in [0, 0.05) is 6.61 Å². The Labute approximate surface area is 63.2 Å². The van der Waals surface area contributed by atoms with Crippen molar-refractivity contribution in [1.82, 2.24) is 0 Å². The lowest BCUT2D eigenvalue weighted by atomic mass is 10.2. The zero-order valence-corrected chi connectivity index (χ0v) is 7.14. The summed E-state index contributed by atoms with van der Waals surface area (Å²) in [6.45, 7) is 6.79. The molecule has 0 aliphatic carbocycles. The molecule has 0 aromatic heterocycles. The largest absolute Gasteiger partial charge is 0.376 e. The molecule has 0 saturated carbocycles. The molecule has 10 heavy (non-hydrogen) atoms. The highest BCUT2D eigenvalue weighted by Gasteiger charge is 2.08. The normalized spacial score (nSPS) is 12.0. The van der Waals surface area contributed by atoms with E-state index in [0.29, 0.717) is 6.61 Å². The van der Waals surface area contributed by atoms with E-state index in [1.165, 1.54) is 0 Å². The van der Waals surface area contributed by atoms with Crippen LogP contribution < -0.4 is 0 Å². The smallest absolute Gasteiger partial charge is 0.0823 e. The van der Waals surface area contributed by atoms with E-state index >= 15 is 0 Å². The third-order valence-corrected chi connectivity index (χ3v) is 1.07. The van der Waals surface area contributed by atoms with Crippen LogP contribution >= 0.6 is 0 Å². The Morgan fingerprint density at radius 1 is 1.20 bits per heavy atom. The van der Waals surface area contributed by atoms with Crippen molar-refractivity contribution in [1.29, 1.82) is 0 Å². The maximum absolute atomic E-state index is 10.00. The molecule has 0 aliphatic rings. The van der Waals surface area contributed by atoms with Gasteiger partial charge >= 0.3 is 0 Å². The maximum Gasteiger partial charge on any atom is 0.0823 e. The second-order valence-electron chi connectivity index (χ2n) is 3.37. The fraction of sp³-hybridized carbons (Fsp3) is 1.00.